The molecule has 6 heteroatoms. The molecule has 1 aromatic heterocycles. The topological polar surface area (TPSA) is 61.0 Å². The van der Waals surface area contributed by atoms with Gasteiger partial charge < -0.3 is 15.2 Å². The van der Waals surface area contributed by atoms with Crippen LogP contribution in [0.25, 0.3) is 11.0 Å². The molecule has 4 rings (SSSR count). The number of hydrogen-bond donors (Lipinski definition) is 2. The number of carbonyl (C=O) groups excluding carboxylic acids is 1. The Morgan fingerprint density at radius 3 is 2.85 bits per heavy atom. The van der Waals surface area contributed by atoms with Crippen molar-refractivity contribution in [3.8, 4) is 0 Å². The highest BCUT2D eigenvalue weighted by Crippen LogP contribution is 2.25. The van der Waals surface area contributed by atoms with Crippen LogP contribution in [0.4, 0.5) is 0 Å². The molecule has 3 aromatic rings. The minimum absolute atomic E-state index is 0.134. The quantitative estimate of drug-likeness (QED) is 0.696. The number of para-hydroxylation sites is 2. The van der Waals surface area contributed by atoms with Gasteiger partial charge in [-0.3, -0.25) is 4.79 Å². The number of aromatic amines is 1. The zero-order valence-electron chi connectivity index (χ0n) is 14.6. The highest BCUT2D eigenvalue weighted by atomic mass is 32.2. The van der Waals surface area contributed by atoms with E-state index in [2.05, 4.69) is 15.3 Å². The summed E-state index contributed by atoms with van der Waals surface area (Å²) in [7, 11) is 0. The zero-order chi connectivity index (χ0) is 17.8. The van der Waals surface area contributed by atoms with Crippen molar-refractivity contribution in [2.75, 3.05) is 26.2 Å². The number of hydrogen-bond acceptors (Lipinski definition) is 4. The van der Waals surface area contributed by atoms with Crippen molar-refractivity contribution in [1.82, 2.24) is 20.2 Å². The molecule has 0 spiro atoms. The van der Waals surface area contributed by atoms with Crippen molar-refractivity contribution in [3.63, 3.8) is 0 Å². The Bertz CT molecular complexity index is 866. The Balaban J connectivity index is 1.50. The summed E-state index contributed by atoms with van der Waals surface area (Å²) in [6.07, 6.45) is 1.00. The number of rotatable bonds is 4. The molecule has 2 heterocycles. The van der Waals surface area contributed by atoms with E-state index in [0.29, 0.717) is 5.75 Å². The van der Waals surface area contributed by atoms with Crippen LogP contribution in [0.1, 0.15) is 22.3 Å². The fourth-order valence-corrected chi connectivity index (χ4v) is 4.11. The van der Waals surface area contributed by atoms with E-state index in [4.69, 9.17) is 0 Å². The first-order chi connectivity index (χ1) is 12.8. The van der Waals surface area contributed by atoms with Crippen LogP contribution in [0.15, 0.2) is 53.7 Å². The lowest BCUT2D eigenvalue weighted by atomic mass is 10.1. The van der Waals surface area contributed by atoms with Gasteiger partial charge in [-0.25, -0.2) is 4.98 Å². The molecule has 26 heavy (non-hydrogen) atoms. The number of aromatic nitrogens is 2. The molecule has 5 nitrogen and oxygen atoms in total. The average molecular weight is 366 g/mol. The second-order valence-electron chi connectivity index (χ2n) is 6.40. The maximum absolute atomic E-state index is 13.0. The zero-order valence-corrected chi connectivity index (χ0v) is 15.4. The van der Waals surface area contributed by atoms with Crippen LogP contribution in [0, 0.1) is 0 Å². The van der Waals surface area contributed by atoms with E-state index in [1.807, 2.05) is 53.4 Å². The molecule has 134 valence electrons. The Morgan fingerprint density at radius 2 is 1.92 bits per heavy atom. The number of nitrogens with zero attached hydrogens (tertiary/aromatic N) is 2. The van der Waals surface area contributed by atoms with Gasteiger partial charge in [0.2, 0.25) is 0 Å². The van der Waals surface area contributed by atoms with E-state index < -0.39 is 0 Å². The molecule has 0 aliphatic carbocycles. The largest absolute Gasteiger partial charge is 0.337 e. The summed E-state index contributed by atoms with van der Waals surface area (Å²) in [6.45, 7) is 3.43. The molecular formula is C20H22N4OS. The summed E-state index contributed by atoms with van der Waals surface area (Å²) < 4.78 is 0. The van der Waals surface area contributed by atoms with Crippen LogP contribution < -0.4 is 5.32 Å². The molecule has 1 aliphatic heterocycles. The lowest BCUT2D eigenvalue weighted by molar-refractivity contribution is 0.0765. The van der Waals surface area contributed by atoms with E-state index in [1.54, 1.807) is 11.8 Å². The summed E-state index contributed by atoms with van der Waals surface area (Å²) >= 11 is 1.63. The van der Waals surface area contributed by atoms with Crippen LogP contribution in [0.5, 0.6) is 0 Å². The fourth-order valence-electron chi connectivity index (χ4n) is 3.22. The van der Waals surface area contributed by atoms with Gasteiger partial charge in [-0.1, -0.05) is 42.1 Å². The lowest BCUT2D eigenvalue weighted by Crippen LogP contribution is -2.34. The number of carbonyl (C=O) groups is 1. The number of thioether (sulfide) groups is 1. The van der Waals surface area contributed by atoms with Crippen molar-refractivity contribution in [2.24, 2.45) is 0 Å². The van der Waals surface area contributed by atoms with Crippen LogP contribution >= 0.6 is 11.8 Å². The van der Waals surface area contributed by atoms with Gasteiger partial charge in [0.25, 0.3) is 5.91 Å². The minimum Gasteiger partial charge on any atom is -0.337 e. The Labute approximate surface area is 157 Å². The first kappa shape index (κ1) is 17.1. The lowest BCUT2D eigenvalue weighted by Gasteiger charge is -2.21. The Morgan fingerprint density at radius 1 is 1.08 bits per heavy atom. The van der Waals surface area contributed by atoms with E-state index >= 15 is 0 Å². The van der Waals surface area contributed by atoms with Crippen LogP contribution in [-0.2, 0) is 5.75 Å². The molecule has 0 radical (unpaired) electrons. The molecule has 0 unspecified atom stereocenters. The van der Waals surface area contributed by atoms with Gasteiger partial charge in [0.15, 0.2) is 5.16 Å². The van der Waals surface area contributed by atoms with Crippen LogP contribution in [0.2, 0.25) is 0 Å². The van der Waals surface area contributed by atoms with Gasteiger partial charge in [0, 0.05) is 31.0 Å². The number of amides is 1. The first-order valence-electron chi connectivity index (χ1n) is 8.97. The Hall–Kier alpha value is -2.31. The standard InChI is InChI=1S/C20H22N4OS/c25-19(24-12-5-10-21-11-13-24)16-7-2-1-6-15(16)14-26-20-22-17-8-3-4-9-18(17)23-20/h1-4,6-9,21H,5,10-14H2,(H,22,23). The van der Waals surface area contributed by atoms with Gasteiger partial charge in [-0.2, -0.15) is 0 Å². The smallest absolute Gasteiger partial charge is 0.254 e. The fraction of sp³-hybridized carbons (Fsp3) is 0.300. The molecule has 1 amide bonds. The maximum Gasteiger partial charge on any atom is 0.254 e. The van der Waals surface area contributed by atoms with Crippen molar-refractivity contribution < 1.29 is 4.79 Å². The number of imidazole rings is 1. The van der Waals surface area contributed by atoms with E-state index in [-0.39, 0.29) is 5.91 Å². The van der Waals surface area contributed by atoms with Crippen molar-refractivity contribution in [2.45, 2.75) is 17.3 Å². The SMILES string of the molecule is O=C(c1ccccc1CSc1nc2ccccc2[nH]1)N1CCCNCC1. The van der Waals surface area contributed by atoms with Crippen molar-refractivity contribution >= 4 is 28.7 Å². The Kier molecular flexibility index (Phi) is 5.22. The van der Waals surface area contributed by atoms with E-state index in [0.717, 1.165) is 59.9 Å². The molecule has 0 saturated carbocycles. The summed E-state index contributed by atoms with van der Waals surface area (Å²) in [5.74, 6) is 0.850. The summed E-state index contributed by atoms with van der Waals surface area (Å²) in [5, 5.41) is 4.23. The van der Waals surface area contributed by atoms with Crippen LogP contribution in [-0.4, -0.2) is 47.0 Å². The molecule has 1 saturated heterocycles. The number of benzene rings is 2. The second kappa shape index (κ2) is 7.93. The summed E-state index contributed by atoms with van der Waals surface area (Å²) in [6, 6.07) is 15.9. The number of fused-ring (bicyclic) bond motifs is 1. The monoisotopic (exact) mass is 366 g/mol. The molecule has 2 aromatic carbocycles. The predicted molar refractivity (Wildman–Crippen MR) is 105 cm³/mol. The van der Waals surface area contributed by atoms with E-state index in [1.165, 1.54) is 0 Å². The second-order valence-corrected chi connectivity index (χ2v) is 7.36. The maximum atomic E-state index is 13.0. The summed E-state index contributed by atoms with van der Waals surface area (Å²) in [4.78, 5) is 22.9. The molecular weight excluding hydrogens is 344 g/mol. The molecule has 1 fully saturated rings. The number of nitrogens with one attached hydrogen (secondary N) is 2. The molecule has 0 bridgehead atoms. The normalized spacial score (nSPS) is 15.2. The predicted octanol–water partition coefficient (Wildman–Crippen LogP) is 3.29. The van der Waals surface area contributed by atoms with Gasteiger partial charge in [-0.15, -0.1) is 0 Å². The van der Waals surface area contributed by atoms with Gasteiger partial charge in [-0.05, 0) is 36.7 Å². The number of H-pyrrole nitrogens is 1. The van der Waals surface area contributed by atoms with Gasteiger partial charge in [0.05, 0.1) is 11.0 Å². The van der Waals surface area contributed by atoms with Crippen molar-refractivity contribution in [1.29, 1.82) is 0 Å². The van der Waals surface area contributed by atoms with E-state index in [9.17, 15) is 4.79 Å². The highest BCUT2D eigenvalue weighted by molar-refractivity contribution is 7.98. The van der Waals surface area contributed by atoms with Crippen LogP contribution in [0.3, 0.4) is 0 Å². The third-order valence-electron chi connectivity index (χ3n) is 4.61. The summed E-state index contributed by atoms with van der Waals surface area (Å²) in [5.41, 5.74) is 3.87. The minimum atomic E-state index is 0.134. The van der Waals surface area contributed by atoms with Crippen molar-refractivity contribution in [3.05, 3.63) is 59.7 Å². The first-order valence-corrected chi connectivity index (χ1v) is 9.95. The van der Waals surface area contributed by atoms with Gasteiger partial charge >= 0.3 is 0 Å². The van der Waals surface area contributed by atoms with Gasteiger partial charge in [0.1, 0.15) is 0 Å². The highest BCUT2D eigenvalue weighted by Gasteiger charge is 2.19. The average Bonchev–Trinajstić information content (AvgIpc) is 2.90. The molecule has 1 aliphatic rings. The third kappa shape index (κ3) is 3.76. The molecule has 2 N–H and O–H groups in total. The molecule has 0 atom stereocenters. The third-order valence-corrected chi connectivity index (χ3v) is 5.53.